The molecule has 0 aliphatic carbocycles. The summed E-state index contributed by atoms with van der Waals surface area (Å²) in [5.41, 5.74) is 0.0759. The van der Waals surface area contributed by atoms with Gasteiger partial charge in [-0.2, -0.15) is 0 Å². The third-order valence-corrected chi connectivity index (χ3v) is 3.01. The first-order valence-corrected chi connectivity index (χ1v) is 6.25. The number of amides is 1. The van der Waals surface area contributed by atoms with E-state index in [0.29, 0.717) is 11.6 Å². The highest BCUT2D eigenvalue weighted by Crippen LogP contribution is 2.23. The summed E-state index contributed by atoms with van der Waals surface area (Å²) in [5, 5.41) is 18.9. The van der Waals surface area contributed by atoms with Crippen molar-refractivity contribution in [2.45, 2.75) is 13.8 Å². The van der Waals surface area contributed by atoms with Gasteiger partial charge in [0.1, 0.15) is 5.75 Å². The molecule has 0 spiro atoms. The Bertz CT molecular complexity index is 490. The van der Waals surface area contributed by atoms with Gasteiger partial charge in [0.15, 0.2) is 0 Å². The largest absolute Gasteiger partial charge is 0.507 e. The van der Waals surface area contributed by atoms with Crippen LogP contribution in [0.4, 0.5) is 0 Å². The van der Waals surface area contributed by atoms with Crippen molar-refractivity contribution in [2.75, 3.05) is 13.1 Å². The number of aliphatic carboxylic acids is 1. The van der Waals surface area contributed by atoms with Crippen molar-refractivity contribution >= 4 is 23.5 Å². The standard InChI is InChI=1S/C13H16ClNO4/c1-3-15(7-8(2)13(18)19)12(17)10-6-9(14)4-5-11(10)16/h4-6,8,16H,3,7H2,1-2H3,(H,18,19). The molecule has 19 heavy (non-hydrogen) atoms. The number of carboxylic acids is 1. The topological polar surface area (TPSA) is 77.8 Å². The van der Waals surface area contributed by atoms with E-state index in [9.17, 15) is 14.7 Å². The fraction of sp³-hybridized carbons (Fsp3) is 0.385. The summed E-state index contributed by atoms with van der Waals surface area (Å²) in [5.74, 6) is -2.25. The second-order valence-electron chi connectivity index (χ2n) is 4.24. The normalized spacial score (nSPS) is 11.9. The number of phenols is 1. The average molecular weight is 286 g/mol. The fourth-order valence-electron chi connectivity index (χ4n) is 1.61. The van der Waals surface area contributed by atoms with E-state index in [1.807, 2.05) is 0 Å². The highest BCUT2D eigenvalue weighted by Gasteiger charge is 2.22. The number of hydrogen-bond donors (Lipinski definition) is 2. The minimum Gasteiger partial charge on any atom is -0.507 e. The highest BCUT2D eigenvalue weighted by molar-refractivity contribution is 6.31. The number of benzene rings is 1. The molecule has 2 N–H and O–H groups in total. The lowest BCUT2D eigenvalue weighted by molar-refractivity contribution is -0.141. The molecule has 1 unspecified atom stereocenters. The molecule has 0 aliphatic heterocycles. The third-order valence-electron chi connectivity index (χ3n) is 2.77. The summed E-state index contributed by atoms with van der Waals surface area (Å²) in [4.78, 5) is 24.4. The van der Waals surface area contributed by atoms with Crippen LogP contribution in [0.3, 0.4) is 0 Å². The molecule has 104 valence electrons. The first kappa shape index (κ1) is 15.3. The van der Waals surface area contributed by atoms with Gasteiger partial charge in [-0.05, 0) is 25.1 Å². The smallest absolute Gasteiger partial charge is 0.308 e. The van der Waals surface area contributed by atoms with E-state index < -0.39 is 17.8 Å². The number of rotatable bonds is 5. The van der Waals surface area contributed by atoms with Gasteiger partial charge in [-0.1, -0.05) is 18.5 Å². The molecule has 0 radical (unpaired) electrons. The van der Waals surface area contributed by atoms with Gasteiger partial charge in [0.2, 0.25) is 0 Å². The monoisotopic (exact) mass is 285 g/mol. The zero-order chi connectivity index (χ0) is 14.6. The van der Waals surface area contributed by atoms with Crippen molar-refractivity contribution in [3.05, 3.63) is 28.8 Å². The van der Waals surface area contributed by atoms with Gasteiger partial charge >= 0.3 is 5.97 Å². The Morgan fingerprint density at radius 3 is 2.58 bits per heavy atom. The third kappa shape index (κ3) is 3.86. The van der Waals surface area contributed by atoms with E-state index in [0.717, 1.165) is 0 Å². The maximum Gasteiger partial charge on any atom is 0.308 e. The van der Waals surface area contributed by atoms with Crippen LogP contribution in [0.25, 0.3) is 0 Å². The Balaban J connectivity index is 2.95. The van der Waals surface area contributed by atoms with Crippen molar-refractivity contribution in [1.82, 2.24) is 4.90 Å². The van der Waals surface area contributed by atoms with Crippen LogP contribution in [-0.4, -0.2) is 40.1 Å². The van der Waals surface area contributed by atoms with Crippen molar-refractivity contribution in [2.24, 2.45) is 5.92 Å². The van der Waals surface area contributed by atoms with Crippen molar-refractivity contribution in [3.63, 3.8) is 0 Å². The van der Waals surface area contributed by atoms with Crippen LogP contribution in [0, 0.1) is 5.92 Å². The number of phenolic OH excluding ortho intramolecular Hbond substituents is 1. The molecule has 1 rings (SSSR count). The van der Waals surface area contributed by atoms with Crippen LogP contribution >= 0.6 is 11.6 Å². The summed E-state index contributed by atoms with van der Waals surface area (Å²) < 4.78 is 0. The van der Waals surface area contributed by atoms with Gasteiger partial charge in [-0.15, -0.1) is 0 Å². The molecule has 1 aromatic rings. The lowest BCUT2D eigenvalue weighted by Gasteiger charge is -2.23. The Labute approximate surface area is 116 Å². The number of halogens is 1. The minimum absolute atomic E-state index is 0.0759. The lowest BCUT2D eigenvalue weighted by atomic mass is 10.1. The Kier molecular flexibility index (Phi) is 5.18. The molecule has 0 saturated carbocycles. The van der Waals surface area contributed by atoms with Crippen molar-refractivity contribution in [3.8, 4) is 5.75 Å². The van der Waals surface area contributed by atoms with Crippen LogP contribution in [0.15, 0.2) is 18.2 Å². The van der Waals surface area contributed by atoms with E-state index in [4.69, 9.17) is 16.7 Å². The minimum atomic E-state index is -0.971. The zero-order valence-corrected chi connectivity index (χ0v) is 11.5. The van der Waals surface area contributed by atoms with E-state index in [-0.39, 0.29) is 17.9 Å². The van der Waals surface area contributed by atoms with Gasteiger partial charge < -0.3 is 15.1 Å². The maximum absolute atomic E-state index is 12.2. The van der Waals surface area contributed by atoms with Gasteiger partial charge in [-0.25, -0.2) is 0 Å². The van der Waals surface area contributed by atoms with E-state index in [2.05, 4.69) is 0 Å². The Hall–Kier alpha value is -1.75. The lowest BCUT2D eigenvalue weighted by Crippen LogP contribution is -2.36. The molecule has 1 amide bonds. The number of carbonyl (C=O) groups is 2. The zero-order valence-electron chi connectivity index (χ0n) is 10.8. The molecule has 0 heterocycles. The predicted octanol–water partition coefficient (Wildman–Crippen LogP) is 2.23. The van der Waals surface area contributed by atoms with E-state index in [1.54, 1.807) is 6.92 Å². The van der Waals surface area contributed by atoms with E-state index in [1.165, 1.54) is 30.0 Å². The molecule has 0 fully saturated rings. The first-order chi connectivity index (χ1) is 8.86. The Morgan fingerprint density at radius 2 is 2.05 bits per heavy atom. The summed E-state index contributed by atoms with van der Waals surface area (Å²) in [6.07, 6.45) is 0. The quantitative estimate of drug-likeness (QED) is 0.869. The van der Waals surface area contributed by atoms with Crippen LogP contribution in [0.5, 0.6) is 5.75 Å². The molecule has 0 aromatic heterocycles. The van der Waals surface area contributed by atoms with Crippen molar-refractivity contribution < 1.29 is 19.8 Å². The second kappa shape index (κ2) is 6.43. The molecular formula is C13H16ClNO4. The number of carbonyl (C=O) groups excluding carboxylic acids is 1. The average Bonchev–Trinajstić information content (AvgIpc) is 2.37. The van der Waals surface area contributed by atoms with Crippen molar-refractivity contribution in [1.29, 1.82) is 0 Å². The van der Waals surface area contributed by atoms with Gasteiger partial charge in [0.25, 0.3) is 5.91 Å². The summed E-state index contributed by atoms with van der Waals surface area (Å²) in [6, 6.07) is 4.18. The predicted molar refractivity (Wildman–Crippen MR) is 71.5 cm³/mol. The maximum atomic E-state index is 12.2. The van der Waals surface area contributed by atoms with E-state index >= 15 is 0 Å². The highest BCUT2D eigenvalue weighted by atomic mass is 35.5. The number of carboxylic acid groups (broad SMARTS) is 1. The molecule has 1 atom stereocenters. The fourth-order valence-corrected chi connectivity index (χ4v) is 1.79. The first-order valence-electron chi connectivity index (χ1n) is 5.87. The molecule has 1 aromatic carbocycles. The summed E-state index contributed by atoms with van der Waals surface area (Å²) in [6.45, 7) is 3.70. The number of nitrogens with zero attached hydrogens (tertiary/aromatic N) is 1. The number of aromatic hydroxyl groups is 1. The summed E-state index contributed by atoms with van der Waals surface area (Å²) >= 11 is 5.79. The Morgan fingerprint density at radius 1 is 1.42 bits per heavy atom. The molecule has 0 bridgehead atoms. The molecule has 5 nitrogen and oxygen atoms in total. The second-order valence-corrected chi connectivity index (χ2v) is 4.68. The number of hydrogen-bond acceptors (Lipinski definition) is 3. The SMILES string of the molecule is CCN(CC(C)C(=O)O)C(=O)c1cc(Cl)ccc1O. The molecule has 0 aliphatic rings. The van der Waals surface area contributed by atoms with Crippen LogP contribution < -0.4 is 0 Å². The molecular weight excluding hydrogens is 270 g/mol. The van der Waals surface area contributed by atoms with Gasteiger partial charge in [-0.3, -0.25) is 9.59 Å². The molecule has 6 heteroatoms. The van der Waals surface area contributed by atoms with Crippen LogP contribution in [-0.2, 0) is 4.79 Å². The van der Waals surface area contributed by atoms with Gasteiger partial charge in [0.05, 0.1) is 11.5 Å². The molecule has 0 saturated heterocycles. The van der Waals surface area contributed by atoms with Crippen LogP contribution in [0.1, 0.15) is 24.2 Å². The van der Waals surface area contributed by atoms with Gasteiger partial charge in [0, 0.05) is 18.1 Å². The van der Waals surface area contributed by atoms with Crippen LogP contribution in [0.2, 0.25) is 5.02 Å². The summed E-state index contributed by atoms with van der Waals surface area (Å²) in [7, 11) is 0.